The normalized spacial score (nSPS) is 19.5. The van der Waals surface area contributed by atoms with Crippen molar-refractivity contribution in [3.05, 3.63) is 21.8 Å². The zero-order valence-electron chi connectivity index (χ0n) is 9.41. The summed E-state index contributed by atoms with van der Waals surface area (Å²) in [5.41, 5.74) is 0. The summed E-state index contributed by atoms with van der Waals surface area (Å²) in [7, 11) is 0. The van der Waals surface area contributed by atoms with Crippen LogP contribution in [0.15, 0.2) is 16.7 Å². The Morgan fingerprint density at radius 1 is 1.71 bits per heavy atom. The quantitative estimate of drug-likeness (QED) is 0.909. The zero-order chi connectivity index (χ0) is 12.4. The minimum Gasteiger partial charge on any atom is -0.354 e. The Kier molecular flexibility index (Phi) is 3.89. The van der Waals surface area contributed by atoms with Crippen LogP contribution in [0.4, 0.5) is 5.82 Å². The highest BCUT2D eigenvalue weighted by atomic mass is 79.9. The molecular weight excluding hydrogens is 305 g/mol. The number of carbonyl (C=O) groups excluding carboxylic acids is 1. The van der Waals surface area contributed by atoms with E-state index in [9.17, 15) is 4.79 Å². The van der Waals surface area contributed by atoms with E-state index in [2.05, 4.69) is 31.1 Å². The van der Waals surface area contributed by atoms with Crippen molar-refractivity contribution in [2.45, 2.75) is 19.4 Å². The van der Waals surface area contributed by atoms with Gasteiger partial charge in [0.25, 0.3) is 0 Å². The minimum atomic E-state index is 0.0139. The first-order chi connectivity index (χ1) is 8.06. The highest BCUT2D eigenvalue weighted by Crippen LogP contribution is 2.28. The van der Waals surface area contributed by atoms with Crippen LogP contribution in [-0.2, 0) is 4.79 Å². The Labute approximate surface area is 113 Å². The molecule has 0 aliphatic carbocycles. The Morgan fingerprint density at radius 3 is 3.12 bits per heavy atom. The van der Waals surface area contributed by atoms with Gasteiger partial charge in [-0.2, -0.15) is 0 Å². The summed E-state index contributed by atoms with van der Waals surface area (Å²) in [5, 5.41) is 3.53. The van der Waals surface area contributed by atoms with Gasteiger partial charge in [0.15, 0.2) is 0 Å². The molecule has 1 aliphatic heterocycles. The SMILES string of the molecule is CC(=O)NC1CCN(c2ncc(Cl)cc2Br)C1. The van der Waals surface area contributed by atoms with E-state index in [4.69, 9.17) is 11.6 Å². The smallest absolute Gasteiger partial charge is 0.217 e. The average molecular weight is 319 g/mol. The van der Waals surface area contributed by atoms with Gasteiger partial charge in [-0.15, -0.1) is 0 Å². The van der Waals surface area contributed by atoms with Crippen molar-refractivity contribution in [1.82, 2.24) is 10.3 Å². The average Bonchev–Trinajstić information content (AvgIpc) is 2.65. The standard InChI is InChI=1S/C11H13BrClN3O/c1-7(17)15-9-2-3-16(6-9)11-10(12)4-8(13)5-14-11/h4-5,9H,2-3,6H2,1H3,(H,15,17). The molecular formula is C11H13BrClN3O. The van der Waals surface area contributed by atoms with E-state index in [1.54, 1.807) is 13.1 Å². The maximum absolute atomic E-state index is 11.0. The van der Waals surface area contributed by atoms with Gasteiger partial charge in [0, 0.05) is 32.3 Å². The van der Waals surface area contributed by atoms with Crippen molar-refractivity contribution in [2.24, 2.45) is 0 Å². The topological polar surface area (TPSA) is 45.2 Å². The monoisotopic (exact) mass is 317 g/mol. The summed E-state index contributed by atoms with van der Waals surface area (Å²) in [5.74, 6) is 0.891. The van der Waals surface area contributed by atoms with Crippen molar-refractivity contribution in [3.63, 3.8) is 0 Å². The molecule has 0 spiro atoms. The van der Waals surface area contributed by atoms with Gasteiger partial charge < -0.3 is 10.2 Å². The van der Waals surface area contributed by atoms with Gasteiger partial charge >= 0.3 is 0 Å². The number of hydrogen-bond acceptors (Lipinski definition) is 3. The Hall–Kier alpha value is -0.810. The van der Waals surface area contributed by atoms with Gasteiger partial charge in [0.1, 0.15) is 5.82 Å². The van der Waals surface area contributed by atoms with Crippen LogP contribution in [0.2, 0.25) is 5.02 Å². The molecule has 2 rings (SSSR count). The molecule has 1 fully saturated rings. The van der Waals surface area contributed by atoms with Gasteiger partial charge in [0.2, 0.25) is 5.91 Å². The maximum atomic E-state index is 11.0. The van der Waals surface area contributed by atoms with Crippen molar-refractivity contribution >= 4 is 39.3 Å². The lowest BCUT2D eigenvalue weighted by atomic mass is 10.3. The second-order valence-corrected chi connectivity index (χ2v) is 5.38. The summed E-state index contributed by atoms with van der Waals surface area (Å²) in [6, 6.07) is 2.03. The van der Waals surface area contributed by atoms with E-state index in [0.717, 1.165) is 29.8 Å². The van der Waals surface area contributed by atoms with E-state index in [1.165, 1.54) is 0 Å². The fourth-order valence-corrected chi connectivity index (χ4v) is 2.89. The molecule has 1 N–H and O–H groups in total. The van der Waals surface area contributed by atoms with E-state index >= 15 is 0 Å². The number of amides is 1. The second-order valence-electron chi connectivity index (χ2n) is 4.09. The molecule has 1 saturated heterocycles. The van der Waals surface area contributed by atoms with Gasteiger partial charge in [-0.05, 0) is 28.4 Å². The third-order valence-electron chi connectivity index (χ3n) is 2.68. The van der Waals surface area contributed by atoms with Gasteiger partial charge in [-0.3, -0.25) is 4.79 Å². The van der Waals surface area contributed by atoms with Crippen LogP contribution in [0.25, 0.3) is 0 Å². The number of hydrogen-bond donors (Lipinski definition) is 1. The molecule has 0 bridgehead atoms. The lowest BCUT2D eigenvalue weighted by molar-refractivity contribution is -0.119. The fourth-order valence-electron chi connectivity index (χ4n) is 2.00. The lowest BCUT2D eigenvalue weighted by Gasteiger charge is -2.19. The minimum absolute atomic E-state index is 0.0139. The number of nitrogens with zero attached hydrogens (tertiary/aromatic N) is 2. The van der Waals surface area contributed by atoms with Crippen LogP contribution in [-0.4, -0.2) is 30.0 Å². The predicted molar refractivity (Wildman–Crippen MR) is 71.4 cm³/mol. The fraction of sp³-hybridized carbons (Fsp3) is 0.455. The van der Waals surface area contributed by atoms with E-state index < -0.39 is 0 Å². The number of anilines is 1. The molecule has 1 amide bonds. The maximum Gasteiger partial charge on any atom is 0.217 e. The van der Waals surface area contributed by atoms with Crippen LogP contribution in [0.3, 0.4) is 0 Å². The van der Waals surface area contributed by atoms with Crippen LogP contribution < -0.4 is 10.2 Å². The first kappa shape index (κ1) is 12.6. The van der Waals surface area contributed by atoms with Crippen LogP contribution >= 0.6 is 27.5 Å². The lowest BCUT2D eigenvalue weighted by Crippen LogP contribution is -2.35. The molecule has 1 aromatic rings. The number of pyridine rings is 1. The number of nitrogens with one attached hydrogen (secondary N) is 1. The van der Waals surface area contributed by atoms with E-state index in [-0.39, 0.29) is 11.9 Å². The first-order valence-corrected chi connectivity index (χ1v) is 6.56. The second kappa shape index (κ2) is 5.23. The van der Waals surface area contributed by atoms with Gasteiger partial charge in [-0.1, -0.05) is 11.6 Å². The summed E-state index contributed by atoms with van der Waals surface area (Å²) in [4.78, 5) is 17.4. The Bertz CT molecular complexity index is 441. The van der Waals surface area contributed by atoms with Gasteiger partial charge in [-0.25, -0.2) is 4.98 Å². The molecule has 6 heteroatoms. The van der Waals surface area contributed by atoms with Crippen molar-refractivity contribution < 1.29 is 4.79 Å². The number of carbonyl (C=O) groups is 1. The Balaban J connectivity index is 2.07. The van der Waals surface area contributed by atoms with Crippen molar-refractivity contribution in [1.29, 1.82) is 0 Å². The number of rotatable bonds is 2. The van der Waals surface area contributed by atoms with Gasteiger partial charge in [0.05, 0.1) is 9.50 Å². The van der Waals surface area contributed by atoms with E-state index in [1.807, 2.05) is 6.07 Å². The molecule has 0 saturated carbocycles. The predicted octanol–water partition coefficient (Wildman–Crippen LogP) is 2.21. The molecule has 4 nitrogen and oxygen atoms in total. The molecule has 17 heavy (non-hydrogen) atoms. The molecule has 92 valence electrons. The highest BCUT2D eigenvalue weighted by molar-refractivity contribution is 9.10. The van der Waals surface area contributed by atoms with Crippen LogP contribution in [0.1, 0.15) is 13.3 Å². The van der Waals surface area contributed by atoms with E-state index in [0.29, 0.717) is 5.02 Å². The van der Waals surface area contributed by atoms with Crippen molar-refractivity contribution in [3.8, 4) is 0 Å². The highest BCUT2D eigenvalue weighted by Gasteiger charge is 2.25. The molecule has 1 aromatic heterocycles. The first-order valence-electron chi connectivity index (χ1n) is 5.39. The summed E-state index contributed by atoms with van der Waals surface area (Å²) in [6.07, 6.45) is 2.57. The summed E-state index contributed by atoms with van der Waals surface area (Å²) < 4.78 is 0.883. The summed E-state index contributed by atoms with van der Waals surface area (Å²) in [6.45, 7) is 3.21. The molecule has 1 aliphatic rings. The summed E-state index contributed by atoms with van der Waals surface area (Å²) >= 11 is 9.31. The van der Waals surface area contributed by atoms with Crippen LogP contribution in [0, 0.1) is 0 Å². The molecule has 0 aromatic carbocycles. The molecule has 0 radical (unpaired) electrons. The molecule has 1 unspecified atom stereocenters. The number of aromatic nitrogens is 1. The molecule has 1 atom stereocenters. The van der Waals surface area contributed by atoms with Crippen molar-refractivity contribution in [2.75, 3.05) is 18.0 Å². The Morgan fingerprint density at radius 2 is 2.47 bits per heavy atom. The third kappa shape index (κ3) is 3.10. The molecule has 2 heterocycles. The number of halogens is 2. The van der Waals surface area contributed by atoms with Crippen LogP contribution in [0.5, 0.6) is 0 Å². The zero-order valence-corrected chi connectivity index (χ0v) is 11.8. The largest absolute Gasteiger partial charge is 0.354 e. The third-order valence-corrected chi connectivity index (χ3v) is 3.47.